The average molecular weight is 215 g/mol. The lowest BCUT2D eigenvalue weighted by Gasteiger charge is -2.05. The van der Waals surface area contributed by atoms with E-state index in [4.69, 9.17) is 10.2 Å². The highest BCUT2D eigenvalue weighted by Gasteiger charge is 2.48. The zero-order valence-corrected chi connectivity index (χ0v) is 8.77. The molecule has 0 radical (unpaired) electrons. The van der Waals surface area contributed by atoms with Gasteiger partial charge in [0.25, 0.3) is 0 Å². The molecule has 1 fully saturated rings. The Hall–Kier alpha value is -1.10. The maximum Gasteiger partial charge on any atom is 0.307 e. The third kappa shape index (κ3) is 3.87. The van der Waals surface area contributed by atoms with E-state index in [1.54, 1.807) is 6.92 Å². The predicted octanol–water partition coefficient (Wildman–Crippen LogP) is -0.0157. The SMILES string of the molecule is CC(O)CCCNC(=O)[C@@H]1C[C@@H]1C(=O)O. The van der Waals surface area contributed by atoms with Crippen LogP contribution in [0.4, 0.5) is 0 Å². The molecule has 0 spiro atoms. The zero-order chi connectivity index (χ0) is 11.4. The maximum atomic E-state index is 11.3. The number of nitrogens with one attached hydrogen (secondary N) is 1. The van der Waals surface area contributed by atoms with Crippen molar-refractivity contribution in [3.8, 4) is 0 Å². The Balaban J connectivity index is 2.08. The summed E-state index contributed by atoms with van der Waals surface area (Å²) in [5, 5.41) is 20.2. The van der Waals surface area contributed by atoms with E-state index in [1.807, 2.05) is 0 Å². The Kier molecular flexibility index (Phi) is 4.08. The number of hydrogen-bond acceptors (Lipinski definition) is 3. The van der Waals surface area contributed by atoms with Crippen LogP contribution in [0.2, 0.25) is 0 Å². The van der Waals surface area contributed by atoms with Crippen LogP contribution in [0.1, 0.15) is 26.2 Å². The first-order chi connectivity index (χ1) is 7.02. The van der Waals surface area contributed by atoms with E-state index in [2.05, 4.69) is 5.32 Å². The third-order valence-corrected chi connectivity index (χ3v) is 2.54. The van der Waals surface area contributed by atoms with E-state index in [9.17, 15) is 9.59 Å². The van der Waals surface area contributed by atoms with Gasteiger partial charge in [-0.3, -0.25) is 9.59 Å². The molecule has 0 aliphatic heterocycles. The zero-order valence-electron chi connectivity index (χ0n) is 8.77. The minimum atomic E-state index is -0.890. The first-order valence-corrected chi connectivity index (χ1v) is 5.21. The van der Waals surface area contributed by atoms with E-state index >= 15 is 0 Å². The molecule has 3 atom stereocenters. The molecule has 5 heteroatoms. The molecule has 15 heavy (non-hydrogen) atoms. The van der Waals surface area contributed by atoms with Crippen molar-refractivity contribution in [1.29, 1.82) is 0 Å². The van der Waals surface area contributed by atoms with Crippen LogP contribution in [0.15, 0.2) is 0 Å². The Bertz CT molecular complexity index is 252. The molecule has 1 aliphatic rings. The highest BCUT2D eigenvalue weighted by molar-refractivity contribution is 5.89. The van der Waals surface area contributed by atoms with E-state index in [1.165, 1.54) is 0 Å². The van der Waals surface area contributed by atoms with Gasteiger partial charge in [0.05, 0.1) is 17.9 Å². The molecule has 1 aliphatic carbocycles. The maximum absolute atomic E-state index is 11.3. The molecular formula is C10H17NO4. The van der Waals surface area contributed by atoms with Crippen molar-refractivity contribution in [2.45, 2.75) is 32.3 Å². The average Bonchev–Trinajstić information content (AvgIpc) is 2.90. The monoisotopic (exact) mass is 215 g/mol. The van der Waals surface area contributed by atoms with E-state index in [-0.39, 0.29) is 17.9 Å². The summed E-state index contributed by atoms with van der Waals surface area (Å²) in [7, 11) is 0. The molecule has 0 aromatic rings. The van der Waals surface area contributed by atoms with E-state index in [0.717, 1.165) is 0 Å². The van der Waals surface area contributed by atoms with Crippen molar-refractivity contribution in [2.24, 2.45) is 11.8 Å². The molecule has 86 valence electrons. The van der Waals surface area contributed by atoms with Crippen LogP contribution >= 0.6 is 0 Å². The van der Waals surface area contributed by atoms with Crippen molar-refractivity contribution in [2.75, 3.05) is 6.54 Å². The molecule has 3 N–H and O–H groups in total. The number of amides is 1. The lowest BCUT2D eigenvalue weighted by atomic mass is 10.2. The number of carboxylic acids is 1. The van der Waals surface area contributed by atoms with Gasteiger partial charge in [-0.25, -0.2) is 0 Å². The fraction of sp³-hybridized carbons (Fsp3) is 0.800. The number of hydrogen-bond donors (Lipinski definition) is 3. The first-order valence-electron chi connectivity index (χ1n) is 5.21. The lowest BCUT2D eigenvalue weighted by Crippen LogP contribution is -2.27. The first kappa shape index (κ1) is 12.0. The van der Waals surface area contributed by atoms with Gasteiger partial charge < -0.3 is 15.5 Å². The topological polar surface area (TPSA) is 86.6 Å². The van der Waals surface area contributed by atoms with Crippen LogP contribution in [-0.2, 0) is 9.59 Å². The standard InChI is InChI=1S/C10H17NO4/c1-6(12)3-2-4-11-9(13)7-5-8(7)10(14)15/h6-8,12H,2-5H2,1H3,(H,11,13)(H,14,15)/t6?,7-,8+/m1/s1. The highest BCUT2D eigenvalue weighted by Crippen LogP contribution is 2.38. The summed E-state index contributed by atoms with van der Waals surface area (Å²) >= 11 is 0. The van der Waals surface area contributed by atoms with Gasteiger partial charge in [0.2, 0.25) is 5.91 Å². The summed E-state index contributed by atoms with van der Waals surface area (Å²) in [5.41, 5.74) is 0. The van der Waals surface area contributed by atoms with E-state index in [0.29, 0.717) is 25.8 Å². The molecule has 0 aromatic heterocycles. The van der Waals surface area contributed by atoms with Gasteiger partial charge >= 0.3 is 5.97 Å². The van der Waals surface area contributed by atoms with Crippen molar-refractivity contribution < 1.29 is 19.8 Å². The van der Waals surface area contributed by atoms with Crippen LogP contribution in [0.3, 0.4) is 0 Å². The summed E-state index contributed by atoms with van der Waals surface area (Å²) in [5.74, 6) is -1.89. The van der Waals surface area contributed by atoms with Gasteiger partial charge in [-0.2, -0.15) is 0 Å². The second-order valence-corrected chi connectivity index (χ2v) is 4.07. The number of aliphatic hydroxyl groups excluding tert-OH is 1. The second kappa shape index (κ2) is 5.11. The Labute approximate surface area is 88.5 Å². The van der Waals surface area contributed by atoms with Crippen molar-refractivity contribution in [3.05, 3.63) is 0 Å². The van der Waals surface area contributed by atoms with Gasteiger partial charge in [-0.05, 0) is 26.2 Å². The quantitative estimate of drug-likeness (QED) is 0.544. The number of carbonyl (C=O) groups excluding carboxylic acids is 1. The number of aliphatic carboxylic acids is 1. The summed E-state index contributed by atoms with van der Waals surface area (Å²) in [6.07, 6.45) is 1.47. The summed E-state index contributed by atoms with van der Waals surface area (Å²) in [4.78, 5) is 21.8. The molecule has 0 saturated heterocycles. The molecule has 1 amide bonds. The molecule has 1 unspecified atom stereocenters. The molecule has 0 bridgehead atoms. The Morgan fingerprint density at radius 3 is 2.60 bits per heavy atom. The number of rotatable bonds is 6. The minimum absolute atomic E-state index is 0.173. The molecular weight excluding hydrogens is 198 g/mol. The Morgan fingerprint density at radius 1 is 1.47 bits per heavy atom. The van der Waals surface area contributed by atoms with Gasteiger partial charge in [-0.1, -0.05) is 0 Å². The van der Waals surface area contributed by atoms with Crippen LogP contribution < -0.4 is 5.32 Å². The van der Waals surface area contributed by atoms with Crippen molar-refractivity contribution in [1.82, 2.24) is 5.32 Å². The van der Waals surface area contributed by atoms with Gasteiger partial charge in [0.1, 0.15) is 0 Å². The van der Waals surface area contributed by atoms with Crippen LogP contribution in [0.25, 0.3) is 0 Å². The van der Waals surface area contributed by atoms with Crippen molar-refractivity contribution >= 4 is 11.9 Å². The normalized spacial score (nSPS) is 25.7. The largest absolute Gasteiger partial charge is 0.481 e. The molecule has 1 rings (SSSR count). The van der Waals surface area contributed by atoms with E-state index < -0.39 is 11.9 Å². The van der Waals surface area contributed by atoms with Crippen LogP contribution in [0, 0.1) is 11.8 Å². The fourth-order valence-electron chi connectivity index (χ4n) is 1.50. The smallest absolute Gasteiger partial charge is 0.307 e. The van der Waals surface area contributed by atoms with Crippen LogP contribution in [0.5, 0.6) is 0 Å². The number of carbonyl (C=O) groups is 2. The molecule has 5 nitrogen and oxygen atoms in total. The summed E-state index contributed by atoms with van der Waals surface area (Å²) in [6.45, 7) is 2.20. The van der Waals surface area contributed by atoms with Crippen LogP contribution in [-0.4, -0.2) is 34.7 Å². The molecule has 0 aromatic carbocycles. The number of carboxylic acid groups (broad SMARTS) is 1. The number of aliphatic hydroxyl groups is 1. The Morgan fingerprint density at radius 2 is 2.13 bits per heavy atom. The predicted molar refractivity (Wildman–Crippen MR) is 53.2 cm³/mol. The third-order valence-electron chi connectivity index (χ3n) is 2.54. The highest BCUT2D eigenvalue weighted by atomic mass is 16.4. The van der Waals surface area contributed by atoms with Crippen molar-refractivity contribution in [3.63, 3.8) is 0 Å². The van der Waals surface area contributed by atoms with Gasteiger partial charge in [0.15, 0.2) is 0 Å². The fourth-order valence-corrected chi connectivity index (χ4v) is 1.50. The lowest BCUT2D eigenvalue weighted by molar-refractivity contribution is -0.140. The molecule has 1 saturated carbocycles. The molecule has 0 heterocycles. The summed E-state index contributed by atoms with van der Waals surface area (Å²) < 4.78 is 0. The van der Waals surface area contributed by atoms with Gasteiger partial charge in [-0.15, -0.1) is 0 Å². The summed E-state index contributed by atoms with van der Waals surface area (Å²) in [6, 6.07) is 0. The minimum Gasteiger partial charge on any atom is -0.481 e. The second-order valence-electron chi connectivity index (χ2n) is 4.07. The van der Waals surface area contributed by atoms with Gasteiger partial charge in [0, 0.05) is 6.54 Å².